The summed E-state index contributed by atoms with van der Waals surface area (Å²) in [6.07, 6.45) is 1.32. The largest absolute Gasteiger partial charge is 0.325 e. The molecule has 0 aliphatic heterocycles. The zero-order chi connectivity index (χ0) is 14.4. The highest BCUT2D eigenvalue weighted by atomic mass is 19.1. The monoisotopic (exact) mass is 272 g/mol. The van der Waals surface area contributed by atoms with E-state index in [2.05, 4.69) is 5.32 Å². The first-order chi connectivity index (χ1) is 9.65. The van der Waals surface area contributed by atoms with Crippen LogP contribution in [0.2, 0.25) is 0 Å². The van der Waals surface area contributed by atoms with Crippen molar-refractivity contribution < 1.29 is 9.18 Å². The second-order valence-electron chi connectivity index (χ2n) is 4.63. The maximum Gasteiger partial charge on any atom is 0.241 e. The van der Waals surface area contributed by atoms with Crippen LogP contribution in [0, 0.1) is 5.82 Å². The van der Waals surface area contributed by atoms with E-state index in [1.54, 1.807) is 0 Å². The maximum atomic E-state index is 12.8. The van der Waals surface area contributed by atoms with Crippen LogP contribution >= 0.6 is 0 Å². The van der Waals surface area contributed by atoms with Crippen LogP contribution in [0.15, 0.2) is 54.6 Å². The third-order valence-electron chi connectivity index (χ3n) is 3.04. The van der Waals surface area contributed by atoms with Gasteiger partial charge >= 0.3 is 0 Å². The highest BCUT2D eigenvalue weighted by molar-refractivity contribution is 5.94. The molecule has 1 amide bonds. The van der Waals surface area contributed by atoms with Crippen molar-refractivity contribution in [3.8, 4) is 0 Å². The summed E-state index contributed by atoms with van der Waals surface area (Å²) in [5, 5.41) is 2.67. The van der Waals surface area contributed by atoms with Gasteiger partial charge in [-0.25, -0.2) is 4.39 Å². The molecule has 0 aliphatic carbocycles. The first-order valence-corrected chi connectivity index (χ1v) is 6.51. The van der Waals surface area contributed by atoms with Crippen LogP contribution in [0.25, 0.3) is 0 Å². The van der Waals surface area contributed by atoms with Crippen molar-refractivity contribution >= 4 is 11.6 Å². The molecule has 0 bridgehead atoms. The van der Waals surface area contributed by atoms with Gasteiger partial charge in [-0.2, -0.15) is 0 Å². The highest BCUT2D eigenvalue weighted by Gasteiger charge is 2.13. The second kappa shape index (κ2) is 6.82. The minimum Gasteiger partial charge on any atom is -0.325 e. The Hall–Kier alpha value is -2.20. The van der Waals surface area contributed by atoms with E-state index in [-0.39, 0.29) is 11.7 Å². The van der Waals surface area contributed by atoms with Gasteiger partial charge in [0.15, 0.2) is 0 Å². The zero-order valence-electron chi connectivity index (χ0n) is 11.1. The Morgan fingerprint density at radius 3 is 2.40 bits per heavy atom. The summed E-state index contributed by atoms with van der Waals surface area (Å²) < 4.78 is 12.8. The Balaban J connectivity index is 1.84. The average molecular weight is 272 g/mol. The maximum absolute atomic E-state index is 12.8. The SMILES string of the molecule is NC(CCc1ccccc1)C(=O)Nc1ccc(F)cc1. The number of aryl methyl sites for hydroxylation is 1. The van der Waals surface area contributed by atoms with Crippen molar-refractivity contribution in [1.29, 1.82) is 0 Å². The Bertz CT molecular complexity index is 554. The number of rotatable bonds is 5. The molecular weight excluding hydrogens is 255 g/mol. The number of hydrogen-bond donors (Lipinski definition) is 2. The van der Waals surface area contributed by atoms with Crippen molar-refractivity contribution in [3.63, 3.8) is 0 Å². The van der Waals surface area contributed by atoms with Gasteiger partial charge in [-0.15, -0.1) is 0 Å². The van der Waals surface area contributed by atoms with Crippen LogP contribution in [0.4, 0.5) is 10.1 Å². The number of carbonyl (C=O) groups excluding carboxylic acids is 1. The van der Waals surface area contributed by atoms with E-state index in [9.17, 15) is 9.18 Å². The fourth-order valence-electron chi connectivity index (χ4n) is 1.87. The molecule has 3 nitrogen and oxygen atoms in total. The summed E-state index contributed by atoms with van der Waals surface area (Å²) in [4.78, 5) is 11.9. The lowest BCUT2D eigenvalue weighted by atomic mass is 10.1. The van der Waals surface area contributed by atoms with Gasteiger partial charge in [-0.3, -0.25) is 4.79 Å². The van der Waals surface area contributed by atoms with E-state index in [1.807, 2.05) is 30.3 Å². The van der Waals surface area contributed by atoms with Gasteiger partial charge in [0.2, 0.25) is 5.91 Å². The van der Waals surface area contributed by atoms with Crippen LogP contribution in [-0.4, -0.2) is 11.9 Å². The zero-order valence-corrected chi connectivity index (χ0v) is 11.1. The number of halogens is 1. The third kappa shape index (κ3) is 4.17. The molecule has 0 aliphatic rings. The fourth-order valence-corrected chi connectivity index (χ4v) is 1.87. The molecule has 2 aromatic rings. The van der Waals surface area contributed by atoms with Crippen molar-refractivity contribution in [3.05, 3.63) is 66.0 Å². The van der Waals surface area contributed by atoms with Gasteiger partial charge in [0.1, 0.15) is 5.82 Å². The lowest BCUT2D eigenvalue weighted by molar-refractivity contribution is -0.117. The van der Waals surface area contributed by atoms with Gasteiger partial charge < -0.3 is 11.1 Å². The van der Waals surface area contributed by atoms with Crippen molar-refractivity contribution in [2.45, 2.75) is 18.9 Å². The summed E-state index contributed by atoms with van der Waals surface area (Å²) in [5.74, 6) is -0.594. The molecule has 20 heavy (non-hydrogen) atoms. The predicted molar refractivity (Wildman–Crippen MR) is 77.8 cm³/mol. The van der Waals surface area contributed by atoms with Crippen molar-refractivity contribution in [2.75, 3.05) is 5.32 Å². The van der Waals surface area contributed by atoms with Gasteiger partial charge in [0.25, 0.3) is 0 Å². The number of hydrogen-bond acceptors (Lipinski definition) is 2. The molecule has 0 fully saturated rings. The lowest BCUT2D eigenvalue weighted by Gasteiger charge is -2.12. The fraction of sp³-hybridized carbons (Fsp3) is 0.188. The quantitative estimate of drug-likeness (QED) is 0.879. The molecule has 2 aromatic carbocycles. The first kappa shape index (κ1) is 14.2. The Labute approximate surface area is 117 Å². The Morgan fingerprint density at radius 1 is 1.10 bits per heavy atom. The van der Waals surface area contributed by atoms with Crippen LogP contribution in [-0.2, 0) is 11.2 Å². The number of anilines is 1. The molecule has 0 saturated carbocycles. The molecule has 0 saturated heterocycles. The number of carbonyl (C=O) groups is 1. The van der Waals surface area contributed by atoms with Crippen LogP contribution in [0.1, 0.15) is 12.0 Å². The summed E-state index contributed by atoms with van der Waals surface area (Å²) in [7, 11) is 0. The minimum absolute atomic E-state index is 0.257. The minimum atomic E-state index is -0.583. The molecule has 1 unspecified atom stereocenters. The summed E-state index contributed by atoms with van der Waals surface area (Å²) in [6, 6.07) is 14.9. The van der Waals surface area contributed by atoms with E-state index in [0.717, 1.165) is 12.0 Å². The Morgan fingerprint density at radius 2 is 1.75 bits per heavy atom. The molecule has 2 rings (SSSR count). The van der Waals surface area contributed by atoms with Crippen molar-refractivity contribution in [2.24, 2.45) is 5.73 Å². The topological polar surface area (TPSA) is 55.1 Å². The molecule has 0 spiro atoms. The molecule has 1 atom stereocenters. The van der Waals surface area contributed by atoms with E-state index < -0.39 is 6.04 Å². The number of benzene rings is 2. The van der Waals surface area contributed by atoms with Crippen molar-refractivity contribution in [1.82, 2.24) is 0 Å². The standard InChI is InChI=1S/C16H17FN2O/c17-13-7-9-14(10-8-13)19-16(20)15(18)11-6-12-4-2-1-3-5-12/h1-5,7-10,15H,6,11,18H2,(H,19,20). The number of nitrogens with two attached hydrogens (primary N) is 1. The molecule has 4 heteroatoms. The summed E-state index contributed by atoms with van der Waals surface area (Å²) in [6.45, 7) is 0. The van der Waals surface area contributed by atoms with Crippen LogP contribution in [0.3, 0.4) is 0 Å². The second-order valence-corrected chi connectivity index (χ2v) is 4.63. The van der Waals surface area contributed by atoms with E-state index >= 15 is 0 Å². The summed E-state index contributed by atoms with van der Waals surface area (Å²) in [5.41, 5.74) is 7.55. The number of nitrogens with one attached hydrogen (secondary N) is 1. The molecule has 0 heterocycles. The molecular formula is C16H17FN2O. The van der Waals surface area contributed by atoms with E-state index in [4.69, 9.17) is 5.73 Å². The van der Waals surface area contributed by atoms with Gasteiger partial charge in [0, 0.05) is 5.69 Å². The Kier molecular flexibility index (Phi) is 4.85. The van der Waals surface area contributed by atoms with Gasteiger partial charge in [0.05, 0.1) is 6.04 Å². The molecule has 0 radical (unpaired) electrons. The first-order valence-electron chi connectivity index (χ1n) is 6.51. The molecule has 3 N–H and O–H groups in total. The number of amides is 1. The van der Waals surface area contributed by atoms with E-state index in [1.165, 1.54) is 24.3 Å². The summed E-state index contributed by atoms with van der Waals surface area (Å²) >= 11 is 0. The average Bonchev–Trinajstić information content (AvgIpc) is 2.48. The molecule has 104 valence electrons. The lowest BCUT2D eigenvalue weighted by Crippen LogP contribution is -2.36. The highest BCUT2D eigenvalue weighted by Crippen LogP contribution is 2.10. The van der Waals surface area contributed by atoms with Crippen LogP contribution in [0.5, 0.6) is 0 Å². The molecule has 0 aromatic heterocycles. The predicted octanol–water partition coefficient (Wildman–Crippen LogP) is 2.72. The third-order valence-corrected chi connectivity index (χ3v) is 3.04. The van der Waals surface area contributed by atoms with Crippen LogP contribution < -0.4 is 11.1 Å². The van der Waals surface area contributed by atoms with Gasteiger partial charge in [-0.05, 0) is 42.7 Å². The van der Waals surface area contributed by atoms with Gasteiger partial charge in [-0.1, -0.05) is 30.3 Å². The smallest absolute Gasteiger partial charge is 0.241 e. The normalized spacial score (nSPS) is 11.9. The van der Waals surface area contributed by atoms with E-state index in [0.29, 0.717) is 12.1 Å².